The zero-order chi connectivity index (χ0) is 36.0. The molecule has 4 aromatic rings. The Morgan fingerprint density at radius 2 is 0.880 bits per heavy atom. The molecule has 2 aliphatic rings. The summed E-state index contributed by atoms with van der Waals surface area (Å²) in [4.78, 5) is 18.1. The van der Waals surface area contributed by atoms with E-state index in [0.29, 0.717) is 58.1 Å². The molecular weight excluding hydrogens is 666 g/mol. The molecule has 0 spiro atoms. The molecule has 4 aromatic carbocycles. The molecule has 2 aliphatic heterocycles. The third kappa shape index (κ3) is 6.36. The van der Waals surface area contributed by atoms with Crippen LogP contribution in [0.3, 0.4) is 0 Å². The van der Waals surface area contributed by atoms with E-state index in [9.17, 15) is 31.1 Å². The summed E-state index contributed by atoms with van der Waals surface area (Å²) in [5.41, 5.74) is 2.18. The van der Waals surface area contributed by atoms with Crippen molar-refractivity contribution >= 4 is 6.03 Å². The van der Waals surface area contributed by atoms with Crippen molar-refractivity contribution in [2.75, 3.05) is 41.5 Å². The van der Waals surface area contributed by atoms with Gasteiger partial charge in [-0.2, -0.15) is 26.3 Å². The number of hydrogen-bond donors (Lipinski definition) is 0. The SMILES string of the molecule is COc1cc2c(cc1OC)[C@H](c1ccc(C(F)(F)F)cc1)N(C(=O)N1CCc3cc(OC)c(OC)cc3[C@@H]1c1ccc(C(F)(F)F)cc1)CC2. The maximum Gasteiger partial charge on any atom is 0.416 e. The number of alkyl halides is 6. The molecule has 0 bridgehead atoms. The van der Waals surface area contributed by atoms with Crippen molar-refractivity contribution in [1.82, 2.24) is 9.80 Å². The van der Waals surface area contributed by atoms with E-state index in [4.69, 9.17) is 18.9 Å². The number of fused-ring (bicyclic) bond motifs is 2. The second kappa shape index (κ2) is 13.3. The van der Waals surface area contributed by atoms with Crippen LogP contribution in [0.25, 0.3) is 0 Å². The van der Waals surface area contributed by atoms with Gasteiger partial charge in [0.2, 0.25) is 0 Å². The predicted octanol–water partition coefficient (Wildman–Crippen LogP) is 8.47. The number of carbonyl (C=O) groups is 1. The summed E-state index contributed by atoms with van der Waals surface area (Å²) in [6, 6.07) is 14.3. The number of halogens is 6. The number of urea groups is 1. The molecule has 0 radical (unpaired) electrons. The Morgan fingerprint density at radius 1 is 0.560 bits per heavy atom. The fourth-order valence-corrected chi connectivity index (χ4v) is 6.90. The Hall–Kier alpha value is -5.07. The van der Waals surface area contributed by atoms with E-state index in [-0.39, 0.29) is 13.1 Å². The Kier molecular flexibility index (Phi) is 9.27. The number of nitrogens with zero attached hydrogens (tertiary/aromatic N) is 2. The summed E-state index contributed by atoms with van der Waals surface area (Å²) < 4.78 is 104. The average molecular weight is 701 g/mol. The number of carbonyl (C=O) groups excluding carboxylic acids is 1. The van der Waals surface area contributed by atoms with E-state index in [1.54, 1.807) is 34.1 Å². The number of ether oxygens (including phenoxy) is 4. The van der Waals surface area contributed by atoms with Gasteiger partial charge in [0.1, 0.15) is 0 Å². The first kappa shape index (κ1) is 34.8. The Morgan fingerprint density at radius 3 is 1.18 bits per heavy atom. The van der Waals surface area contributed by atoms with Crippen LogP contribution in [0.5, 0.6) is 23.0 Å². The van der Waals surface area contributed by atoms with Crippen LogP contribution < -0.4 is 18.9 Å². The molecule has 7 nitrogen and oxygen atoms in total. The van der Waals surface area contributed by atoms with Gasteiger partial charge in [0.25, 0.3) is 0 Å². The highest BCUT2D eigenvalue weighted by atomic mass is 19.4. The minimum absolute atomic E-state index is 0.196. The third-order valence-electron chi connectivity index (χ3n) is 9.35. The first-order valence-corrected chi connectivity index (χ1v) is 15.7. The molecule has 2 amide bonds. The van der Waals surface area contributed by atoms with Gasteiger partial charge in [0.05, 0.1) is 51.6 Å². The summed E-state index contributed by atoms with van der Waals surface area (Å²) in [6.45, 7) is 0.393. The van der Waals surface area contributed by atoms with E-state index in [1.807, 2.05) is 0 Å². The van der Waals surface area contributed by atoms with Gasteiger partial charge in [-0.3, -0.25) is 0 Å². The van der Waals surface area contributed by atoms with Crippen molar-refractivity contribution in [3.05, 3.63) is 117 Å². The lowest BCUT2D eigenvalue weighted by Crippen LogP contribution is -2.51. The van der Waals surface area contributed by atoms with Crippen molar-refractivity contribution in [2.24, 2.45) is 0 Å². The van der Waals surface area contributed by atoms with Crippen molar-refractivity contribution in [2.45, 2.75) is 37.3 Å². The number of rotatable bonds is 6. The van der Waals surface area contributed by atoms with Crippen LogP contribution in [0.15, 0.2) is 72.8 Å². The lowest BCUT2D eigenvalue weighted by Gasteiger charge is -2.45. The summed E-state index contributed by atoms with van der Waals surface area (Å²) in [7, 11) is 5.92. The van der Waals surface area contributed by atoms with Crippen LogP contribution in [0.2, 0.25) is 0 Å². The smallest absolute Gasteiger partial charge is 0.416 e. The van der Waals surface area contributed by atoms with Gasteiger partial charge in [-0.1, -0.05) is 24.3 Å². The maximum atomic E-state index is 14.9. The summed E-state index contributed by atoms with van der Waals surface area (Å²) in [6.07, 6.45) is -8.32. The van der Waals surface area contributed by atoms with E-state index in [0.717, 1.165) is 35.4 Å². The van der Waals surface area contributed by atoms with Crippen molar-refractivity contribution in [3.8, 4) is 23.0 Å². The molecule has 0 aliphatic carbocycles. The van der Waals surface area contributed by atoms with Gasteiger partial charge in [-0.05, 0) is 94.8 Å². The molecule has 2 heterocycles. The van der Waals surface area contributed by atoms with Crippen LogP contribution in [0, 0.1) is 0 Å². The monoisotopic (exact) mass is 700 g/mol. The highest BCUT2D eigenvalue weighted by Gasteiger charge is 2.41. The maximum absolute atomic E-state index is 14.9. The Balaban J connectivity index is 1.49. The lowest BCUT2D eigenvalue weighted by molar-refractivity contribution is -0.138. The van der Waals surface area contributed by atoms with E-state index < -0.39 is 41.6 Å². The minimum Gasteiger partial charge on any atom is -0.493 e. The molecule has 50 heavy (non-hydrogen) atoms. The molecule has 6 rings (SSSR count). The second-order valence-corrected chi connectivity index (χ2v) is 12.0. The summed E-state index contributed by atoms with van der Waals surface area (Å²) in [5.74, 6) is 1.70. The van der Waals surface area contributed by atoms with Gasteiger partial charge < -0.3 is 28.7 Å². The van der Waals surface area contributed by atoms with Gasteiger partial charge in [0.15, 0.2) is 23.0 Å². The standard InChI is InChI=1S/C37H34F6N2O5/c1-47-29-17-23-13-15-44(33(27(23)19-31(29)49-3)21-5-9-25(10-6-21)36(38,39)40)35(46)45-16-14-24-18-30(48-2)32(50-4)20-28(24)34(45)22-7-11-26(12-8-22)37(41,42)43/h5-12,17-20,33-34H,13-16H2,1-4H3/t33-,34-/m0/s1. The number of hydrogen-bond acceptors (Lipinski definition) is 5. The van der Waals surface area contributed by atoms with Gasteiger partial charge in [-0.15, -0.1) is 0 Å². The highest BCUT2D eigenvalue weighted by Crippen LogP contribution is 2.46. The summed E-state index contributed by atoms with van der Waals surface area (Å²) in [5, 5.41) is 0. The number of benzene rings is 4. The Labute approximate surface area is 284 Å². The van der Waals surface area contributed by atoms with Gasteiger partial charge >= 0.3 is 18.4 Å². The molecule has 0 saturated heterocycles. The zero-order valence-corrected chi connectivity index (χ0v) is 27.6. The molecule has 0 fully saturated rings. The molecule has 0 saturated carbocycles. The van der Waals surface area contributed by atoms with Gasteiger partial charge in [0, 0.05) is 13.1 Å². The highest BCUT2D eigenvalue weighted by molar-refractivity contribution is 5.78. The second-order valence-electron chi connectivity index (χ2n) is 12.0. The molecular formula is C37H34F6N2O5. The van der Waals surface area contributed by atoms with Crippen molar-refractivity contribution in [3.63, 3.8) is 0 Å². The topological polar surface area (TPSA) is 60.5 Å². The van der Waals surface area contributed by atoms with Crippen LogP contribution in [-0.2, 0) is 25.2 Å². The molecule has 2 atom stereocenters. The molecule has 13 heteroatoms. The van der Waals surface area contributed by atoms with Crippen LogP contribution in [0.1, 0.15) is 56.6 Å². The molecule has 0 aromatic heterocycles. The predicted molar refractivity (Wildman–Crippen MR) is 172 cm³/mol. The van der Waals surface area contributed by atoms with Gasteiger partial charge in [-0.25, -0.2) is 4.79 Å². The first-order chi connectivity index (χ1) is 23.8. The van der Waals surface area contributed by atoms with Crippen molar-refractivity contribution < 1.29 is 50.1 Å². The molecule has 0 unspecified atom stereocenters. The fourth-order valence-electron chi connectivity index (χ4n) is 6.90. The quantitative estimate of drug-likeness (QED) is 0.189. The fraction of sp³-hybridized carbons (Fsp3) is 0.324. The molecule has 0 N–H and O–H groups in total. The van der Waals surface area contributed by atoms with E-state index in [1.165, 1.54) is 52.7 Å². The summed E-state index contributed by atoms with van der Waals surface area (Å²) >= 11 is 0. The van der Waals surface area contributed by atoms with E-state index in [2.05, 4.69) is 0 Å². The van der Waals surface area contributed by atoms with Crippen LogP contribution in [0.4, 0.5) is 31.1 Å². The average Bonchev–Trinajstić information content (AvgIpc) is 3.11. The van der Waals surface area contributed by atoms with Crippen LogP contribution in [-0.4, -0.2) is 57.4 Å². The van der Waals surface area contributed by atoms with E-state index >= 15 is 0 Å². The Bertz CT molecular complexity index is 1740. The number of methoxy groups -OCH3 is 4. The minimum atomic E-state index is -4.56. The lowest BCUT2D eigenvalue weighted by atomic mass is 9.86. The van der Waals surface area contributed by atoms with Crippen molar-refractivity contribution in [1.29, 1.82) is 0 Å². The first-order valence-electron chi connectivity index (χ1n) is 15.7. The largest absolute Gasteiger partial charge is 0.493 e. The number of amides is 2. The zero-order valence-electron chi connectivity index (χ0n) is 27.6. The normalized spacial score (nSPS) is 17.5. The molecule has 264 valence electrons. The van der Waals surface area contributed by atoms with Crippen LogP contribution >= 0.6 is 0 Å². The third-order valence-corrected chi connectivity index (χ3v) is 9.35.